The van der Waals surface area contributed by atoms with E-state index in [0.717, 1.165) is 0 Å². The van der Waals surface area contributed by atoms with Gasteiger partial charge in [0.1, 0.15) is 0 Å². The van der Waals surface area contributed by atoms with Gasteiger partial charge in [0.05, 0.1) is 0 Å². The quantitative estimate of drug-likeness (QED) is 0.136. The van der Waals surface area contributed by atoms with Gasteiger partial charge in [0.25, 0.3) is 0 Å². The zero-order chi connectivity index (χ0) is 33.5. The number of rotatable bonds is 25. The molecule has 1 aromatic rings. The van der Waals surface area contributed by atoms with Crippen LogP contribution in [0.25, 0.3) is 0 Å². The maximum Gasteiger partial charge on any atom is 0.664 e. The topological polar surface area (TPSA) is 138 Å². The molecule has 0 radical (unpaired) electrons. The molecule has 2 atom stereocenters. The molecule has 1 rings (SSSR count). The summed E-state index contributed by atoms with van der Waals surface area (Å²) in [6, 6.07) is 9.99. The molecule has 0 amide bonds. The van der Waals surface area contributed by atoms with Gasteiger partial charge in [-0.3, -0.25) is 0 Å². The van der Waals surface area contributed by atoms with E-state index in [-0.39, 0.29) is 12.1 Å². The van der Waals surface area contributed by atoms with Crippen LogP contribution in [0.4, 0.5) is 0 Å². The second kappa shape index (κ2) is 19.1. The summed E-state index contributed by atoms with van der Waals surface area (Å²) in [5.41, 5.74) is 0. The smallest absolute Gasteiger partial charge is 0.378 e. The van der Waals surface area contributed by atoms with Gasteiger partial charge in [-0.2, -0.15) is 0 Å². The zero-order valence-corrected chi connectivity index (χ0v) is 34.3. The molecule has 0 aliphatic rings. The van der Waals surface area contributed by atoms with Crippen molar-refractivity contribution in [2.24, 2.45) is 0 Å². The third-order valence-corrected chi connectivity index (χ3v) is 27.5. The first-order chi connectivity index (χ1) is 20.9. The van der Waals surface area contributed by atoms with E-state index in [2.05, 4.69) is 0 Å². The Labute approximate surface area is 269 Å². The molecule has 0 saturated carbocycles. The van der Waals surface area contributed by atoms with E-state index in [0.29, 0.717) is 17.7 Å². The Balaban J connectivity index is 3.94. The average molecular weight is 737 g/mol. The third-order valence-electron chi connectivity index (χ3n) is 6.97. The van der Waals surface area contributed by atoms with Crippen LogP contribution in [-0.2, 0) is 65.1 Å². The lowest BCUT2D eigenvalue weighted by Gasteiger charge is -2.43. The minimum atomic E-state index is -4.17. The van der Waals surface area contributed by atoms with Gasteiger partial charge in [0.15, 0.2) is 0 Å². The molecule has 21 heteroatoms. The SMILES string of the molecule is CCC[Si](OC)(OC)O[Si](OC)(OC)O[Si](OC)(O[Si](CC[Si](OC)(OC)OC)(OC)O[Si](C)(OC)OC)c1ccccc1. The molecule has 44 heavy (non-hydrogen) atoms. The van der Waals surface area contributed by atoms with Gasteiger partial charge in [0.2, 0.25) is 0 Å². The van der Waals surface area contributed by atoms with E-state index in [1.165, 1.54) is 78.2 Å². The Morgan fingerprint density at radius 1 is 0.455 bits per heavy atom. The lowest BCUT2D eigenvalue weighted by Crippen LogP contribution is -2.72. The molecular weight excluding hydrogens is 685 g/mol. The molecule has 0 bridgehead atoms. The Morgan fingerprint density at radius 2 is 0.932 bits per heavy atom. The van der Waals surface area contributed by atoms with Gasteiger partial charge in [-0.1, -0.05) is 43.7 Å². The summed E-state index contributed by atoms with van der Waals surface area (Å²) < 4.78 is 91.1. The second-order valence-electron chi connectivity index (χ2n) is 9.24. The molecule has 0 fully saturated rings. The molecule has 1 aromatic carbocycles. The summed E-state index contributed by atoms with van der Waals surface area (Å²) in [6.45, 7) is 3.71. The molecule has 0 aliphatic carbocycles. The standard InChI is InChI=1S/C23H52O15Si6/c1-14-20-41(29-7,30-8)37-44(33-11,34-12)38-43(32-10,23-18-16-15-17-19-23)36-42(31-9,35-39(13,24-2)25-3)22-21-40(26-4,27-5)28-6/h15-19H,14,20-22H2,1-13H3. The van der Waals surface area contributed by atoms with Crippen molar-refractivity contribution in [2.75, 3.05) is 78.2 Å². The van der Waals surface area contributed by atoms with E-state index >= 15 is 0 Å². The van der Waals surface area contributed by atoms with Crippen LogP contribution in [0, 0.1) is 0 Å². The largest absolute Gasteiger partial charge is 0.664 e. The van der Waals surface area contributed by atoms with Crippen molar-refractivity contribution in [2.45, 2.75) is 38.0 Å². The van der Waals surface area contributed by atoms with Crippen LogP contribution in [0.15, 0.2) is 30.3 Å². The average Bonchev–Trinajstić information content (AvgIpc) is 3.08. The van der Waals surface area contributed by atoms with Crippen molar-refractivity contribution in [1.29, 1.82) is 0 Å². The van der Waals surface area contributed by atoms with Crippen LogP contribution in [0.2, 0.25) is 24.7 Å². The monoisotopic (exact) mass is 736 g/mol. The fourth-order valence-electron chi connectivity index (χ4n) is 4.16. The summed E-state index contributed by atoms with van der Waals surface area (Å²) in [6.07, 6.45) is 0.711. The van der Waals surface area contributed by atoms with Crippen LogP contribution in [0.3, 0.4) is 0 Å². The molecule has 0 saturated heterocycles. The Hall–Kier alpha value is -0.0787. The van der Waals surface area contributed by atoms with E-state index < -0.39 is 53.1 Å². The second-order valence-corrected chi connectivity index (χ2v) is 27.0. The Morgan fingerprint density at radius 3 is 1.32 bits per heavy atom. The van der Waals surface area contributed by atoms with Crippen molar-refractivity contribution in [3.63, 3.8) is 0 Å². The number of benzene rings is 1. The Kier molecular flexibility index (Phi) is 18.2. The molecule has 0 aliphatic heterocycles. The normalized spacial score (nSPS) is 16.1. The van der Waals surface area contributed by atoms with Crippen molar-refractivity contribution < 1.29 is 65.1 Å². The highest BCUT2D eigenvalue weighted by Gasteiger charge is 2.66. The fourth-order valence-corrected chi connectivity index (χ4v) is 24.8. The van der Waals surface area contributed by atoms with Crippen LogP contribution >= 0.6 is 0 Å². The van der Waals surface area contributed by atoms with E-state index in [9.17, 15) is 0 Å². The van der Waals surface area contributed by atoms with Crippen LogP contribution in [0.1, 0.15) is 13.3 Å². The lowest BCUT2D eigenvalue weighted by atomic mass is 10.4. The van der Waals surface area contributed by atoms with Gasteiger partial charge in [-0.25, -0.2) is 0 Å². The summed E-state index contributed by atoms with van der Waals surface area (Å²) in [7, 11) is -5.71. The number of hydrogen-bond donors (Lipinski definition) is 0. The number of hydrogen-bond acceptors (Lipinski definition) is 15. The first-order valence-corrected chi connectivity index (χ1v) is 25.2. The first-order valence-electron chi connectivity index (χ1n) is 13.8. The predicted octanol–water partition coefficient (Wildman–Crippen LogP) is 2.24. The highest BCUT2D eigenvalue weighted by Crippen LogP contribution is 2.33. The first kappa shape index (κ1) is 41.9. The fraction of sp³-hybridized carbons (Fsp3) is 0.739. The maximum atomic E-state index is 6.99. The summed E-state index contributed by atoms with van der Waals surface area (Å²) in [5, 5.41) is 0.555. The van der Waals surface area contributed by atoms with Gasteiger partial charge in [-0.05, 0) is 0 Å². The van der Waals surface area contributed by atoms with Gasteiger partial charge in [0, 0.05) is 108 Å². The summed E-state index contributed by atoms with van der Waals surface area (Å²) in [5.74, 6) is 0. The van der Waals surface area contributed by atoms with Gasteiger partial charge < -0.3 is 65.1 Å². The molecule has 0 aromatic heterocycles. The molecular formula is C23H52O15Si6. The minimum absolute atomic E-state index is 0.148. The van der Waals surface area contributed by atoms with Crippen LogP contribution in [0.5, 0.6) is 0 Å². The van der Waals surface area contributed by atoms with Gasteiger partial charge in [-0.15, -0.1) is 0 Å². The molecule has 15 nitrogen and oxygen atoms in total. The highest BCUT2D eigenvalue weighted by molar-refractivity contribution is 6.90. The Bertz CT molecular complexity index is 916. The predicted molar refractivity (Wildman–Crippen MR) is 173 cm³/mol. The third kappa shape index (κ3) is 10.5. The molecule has 2 unspecified atom stereocenters. The summed E-state index contributed by atoms with van der Waals surface area (Å²) in [4.78, 5) is 0. The van der Waals surface area contributed by atoms with E-state index in [4.69, 9.17) is 65.1 Å². The molecule has 258 valence electrons. The van der Waals surface area contributed by atoms with Crippen LogP contribution in [-0.4, -0.2) is 131 Å². The highest BCUT2D eigenvalue weighted by atomic mass is 28.5. The van der Waals surface area contributed by atoms with Crippen molar-refractivity contribution >= 4 is 58.3 Å². The summed E-state index contributed by atoms with van der Waals surface area (Å²) >= 11 is 0. The minimum Gasteiger partial charge on any atom is -0.378 e. The molecule has 0 N–H and O–H groups in total. The van der Waals surface area contributed by atoms with Crippen LogP contribution < -0.4 is 5.19 Å². The van der Waals surface area contributed by atoms with Gasteiger partial charge >= 0.3 is 53.1 Å². The molecule has 0 spiro atoms. The lowest BCUT2D eigenvalue weighted by molar-refractivity contribution is 0.0113. The van der Waals surface area contributed by atoms with E-state index in [1.807, 2.05) is 25.1 Å². The zero-order valence-electron chi connectivity index (χ0n) is 28.3. The molecule has 0 heterocycles. The maximum absolute atomic E-state index is 6.99. The van der Waals surface area contributed by atoms with Crippen molar-refractivity contribution in [1.82, 2.24) is 0 Å². The van der Waals surface area contributed by atoms with Crippen molar-refractivity contribution in [3.8, 4) is 0 Å². The van der Waals surface area contributed by atoms with E-state index in [1.54, 1.807) is 18.7 Å². The van der Waals surface area contributed by atoms with Crippen molar-refractivity contribution in [3.05, 3.63) is 30.3 Å².